The van der Waals surface area contributed by atoms with Crippen LogP contribution >= 0.6 is 0 Å². The number of aromatic nitrogens is 2. The Bertz CT molecular complexity index is 941. The molecule has 0 aliphatic heterocycles. The largest absolute Gasteiger partial charge is 0.493 e. The van der Waals surface area contributed by atoms with Gasteiger partial charge in [-0.05, 0) is 36.8 Å². The van der Waals surface area contributed by atoms with E-state index in [0.29, 0.717) is 42.0 Å². The summed E-state index contributed by atoms with van der Waals surface area (Å²) in [4.78, 5) is 20.9. The molecule has 0 unspecified atom stereocenters. The number of benzene rings is 1. The van der Waals surface area contributed by atoms with Crippen LogP contribution in [0.25, 0.3) is 0 Å². The molecule has 28 heavy (non-hydrogen) atoms. The number of methoxy groups -OCH3 is 2. The second kappa shape index (κ2) is 8.90. The van der Waals surface area contributed by atoms with Crippen molar-refractivity contribution in [3.63, 3.8) is 0 Å². The standard InChI is InChI=1S/C20H22N4O4/c1-13-23-16(20(25)22-12-15-5-4-8-28-15)10-19(24-13)21-11-14-6-7-17(26-2)18(9-14)27-3/h4-10H,11-12H2,1-3H3,(H,22,25)(H,21,23,24). The zero-order valence-electron chi connectivity index (χ0n) is 16.0. The quantitative estimate of drug-likeness (QED) is 0.618. The summed E-state index contributed by atoms with van der Waals surface area (Å²) in [5, 5.41) is 5.99. The summed E-state index contributed by atoms with van der Waals surface area (Å²) in [5.74, 6) is 2.76. The van der Waals surface area contributed by atoms with Gasteiger partial charge < -0.3 is 24.5 Å². The number of nitrogens with zero attached hydrogens (tertiary/aromatic N) is 2. The smallest absolute Gasteiger partial charge is 0.270 e. The molecule has 0 atom stereocenters. The van der Waals surface area contributed by atoms with Gasteiger partial charge in [0.2, 0.25) is 0 Å². The van der Waals surface area contributed by atoms with Crippen LogP contribution in [0.1, 0.15) is 27.6 Å². The number of ether oxygens (including phenoxy) is 2. The number of anilines is 1. The minimum Gasteiger partial charge on any atom is -0.493 e. The van der Waals surface area contributed by atoms with E-state index in [1.165, 1.54) is 0 Å². The summed E-state index contributed by atoms with van der Waals surface area (Å²) in [6.45, 7) is 2.54. The molecule has 2 N–H and O–H groups in total. The van der Waals surface area contributed by atoms with Gasteiger partial charge in [0.1, 0.15) is 23.1 Å². The first-order chi connectivity index (χ1) is 13.6. The van der Waals surface area contributed by atoms with E-state index in [2.05, 4.69) is 20.6 Å². The molecule has 8 heteroatoms. The first kappa shape index (κ1) is 19.2. The molecule has 0 saturated carbocycles. The molecule has 0 spiro atoms. The van der Waals surface area contributed by atoms with E-state index in [-0.39, 0.29) is 11.6 Å². The van der Waals surface area contributed by atoms with Crippen LogP contribution in [-0.2, 0) is 13.1 Å². The molecule has 0 aliphatic rings. The zero-order chi connectivity index (χ0) is 19.9. The fraction of sp³-hybridized carbons (Fsp3) is 0.250. The Balaban J connectivity index is 1.66. The topological polar surface area (TPSA) is 98.5 Å². The Morgan fingerprint density at radius 1 is 1.07 bits per heavy atom. The van der Waals surface area contributed by atoms with Gasteiger partial charge in [-0.25, -0.2) is 9.97 Å². The number of carbonyl (C=O) groups excluding carboxylic acids is 1. The van der Waals surface area contributed by atoms with Crippen molar-refractivity contribution < 1.29 is 18.7 Å². The lowest BCUT2D eigenvalue weighted by atomic mass is 10.2. The van der Waals surface area contributed by atoms with Crippen LogP contribution in [0.5, 0.6) is 11.5 Å². The number of furan rings is 1. The van der Waals surface area contributed by atoms with Crippen molar-refractivity contribution >= 4 is 11.7 Å². The number of nitrogens with one attached hydrogen (secondary N) is 2. The summed E-state index contributed by atoms with van der Waals surface area (Å²) in [7, 11) is 3.19. The van der Waals surface area contributed by atoms with Gasteiger partial charge in [-0.1, -0.05) is 6.07 Å². The highest BCUT2D eigenvalue weighted by molar-refractivity contribution is 5.92. The van der Waals surface area contributed by atoms with E-state index in [1.54, 1.807) is 45.6 Å². The predicted octanol–water partition coefficient (Wildman–Crippen LogP) is 2.94. The van der Waals surface area contributed by atoms with Gasteiger partial charge in [0.15, 0.2) is 11.5 Å². The molecule has 0 fully saturated rings. The molecule has 0 radical (unpaired) electrons. The Labute approximate surface area is 162 Å². The molecule has 2 heterocycles. The minimum absolute atomic E-state index is 0.286. The van der Waals surface area contributed by atoms with Crippen molar-refractivity contribution in [2.45, 2.75) is 20.0 Å². The molecule has 3 aromatic rings. The fourth-order valence-corrected chi connectivity index (χ4v) is 2.63. The van der Waals surface area contributed by atoms with Crippen molar-refractivity contribution in [2.24, 2.45) is 0 Å². The third kappa shape index (κ3) is 4.79. The lowest BCUT2D eigenvalue weighted by Crippen LogP contribution is -2.24. The van der Waals surface area contributed by atoms with Crippen molar-refractivity contribution in [3.8, 4) is 11.5 Å². The summed E-state index contributed by atoms with van der Waals surface area (Å²) in [6.07, 6.45) is 1.56. The maximum Gasteiger partial charge on any atom is 0.270 e. The first-order valence-corrected chi connectivity index (χ1v) is 8.70. The van der Waals surface area contributed by atoms with Crippen LogP contribution in [0.15, 0.2) is 47.1 Å². The van der Waals surface area contributed by atoms with Gasteiger partial charge in [-0.15, -0.1) is 0 Å². The molecular formula is C20H22N4O4. The normalized spacial score (nSPS) is 10.4. The number of amides is 1. The summed E-state index contributed by atoms with van der Waals surface area (Å²) in [6, 6.07) is 10.8. The average molecular weight is 382 g/mol. The Morgan fingerprint density at radius 3 is 2.61 bits per heavy atom. The average Bonchev–Trinajstić information content (AvgIpc) is 3.23. The highest BCUT2D eigenvalue weighted by Gasteiger charge is 2.11. The number of rotatable bonds is 8. The monoisotopic (exact) mass is 382 g/mol. The molecule has 146 valence electrons. The summed E-state index contributed by atoms with van der Waals surface area (Å²) >= 11 is 0. The van der Waals surface area contributed by atoms with Crippen LogP contribution in [0, 0.1) is 6.92 Å². The van der Waals surface area contributed by atoms with E-state index < -0.39 is 0 Å². The minimum atomic E-state index is -0.295. The van der Waals surface area contributed by atoms with E-state index in [4.69, 9.17) is 13.9 Å². The molecule has 0 saturated heterocycles. The number of hydrogen-bond donors (Lipinski definition) is 2. The first-order valence-electron chi connectivity index (χ1n) is 8.70. The molecular weight excluding hydrogens is 360 g/mol. The van der Waals surface area contributed by atoms with Gasteiger partial charge in [0.25, 0.3) is 5.91 Å². The van der Waals surface area contributed by atoms with Crippen LogP contribution in [0.2, 0.25) is 0 Å². The third-order valence-electron chi connectivity index (χ3n) is 4.00. The summed E-state index contributed by atoms with van der Waals surface area (Å²) in [5.41, 5.74) is 1.27. The van der Waals surface area contributed by atoms with Crippen molar-refractivity contribution in [1.29, 1.82) is 0 Å². The van der Waals surface area contributed by atoms with Crippen LogP contribution in [0.3, 0.4) is 0 Å². The Kier molecular flexibility index (Phi) is 6.11. The molecule has 0 bridgehead atoms. The third-order valence-corrected chi connectivity index (χ3v) is 4.00. The summed E-state index contributed by atoms with van der Waals surface area (Å²) < 4.78 is 15.8. The second-order valence-electron chi connectivity index (χ2n) is 5.99. The van der Waals surface area contributed by atoms with Gasteiger partial charge in [-0.2, -0.15) is 0 Å². The van der Waals surface area contributed by atoms with Gasteiger partial charge >= 0.3 is 0 Å². The van der Waals surface area contributed by atoms with Crippen LogP contribution in [0.4, 0.5) is 5.82 Å². The van der Waals surface area contributed by atoms with Gasteiger partial charge in [0, 0.05) is 12.6 Å². The van der Waals surface area contributed by atoms with E-state index in [1.807, 2.05) is 18.2 Å². The molecule has 0 aliphatic carbocycles. The van der Waals surface area contributed by atoms with Crippen LogP contribution < -0.4 is 20.1 Å². The highest BCUT2D eigenvalue weighted by Crippen LogP contribution is 2.27. The maximum absolute atomic E-state index is 12.4. The van der Waals surface area contributed by atoms with E-state index >= 15 is 0 Å². The highest BCUT2D eigenvalue weighted by atomic mass is 16.5. The zero-order valence-corrected chi connectivity index (χ0v) is 16.0. The van der Waals surface area contributed by atoms with E-state index in [9.17, 15) is 4.79 Å². The fourth-order valence-electron chi connectivity index (χ4n) is 2.63. The lowest BCUT2D eigenvalue weighted by molar-refractivity contribution is 0.0942. The maximum atomic E-state index is 12.4. The molecule has 2 aromatic heterocycles. The van der Waals surface area contributed by atoms with Gasteiger partial charge in [0.05, 0.1) is 27.0 Å². The molecule has 3 rings (SSSR count). The SMILES string of the molecule is COc1ccc(CNc2cc(C(=O)NCc3ccco3)nc(C)n2)cc1OC. The Hall–Kier alpha value is -3.55. The number of hydrogen-bond acceptors (Lipinski definition) is 7. The van der Waals surface area contributed by atoms with Crippen molar-refractivity contribution in [3.05, 3.63) is 65.5 Å². The van der Waals surface area contributed by atoms with Crippen molar-refractivity contribution in [2.75, 3.05) is 19.5 Å². The van der Waals surface area contributed by atoms with Crippen molar-refractivity contribution in [1.82, 2.24) is 15.3 Å². The molecule has 1 amide bonds. The number of carbonyl (C=O) groups is 1. The number of aryl methyl sites for hydroxylation is 1. The predicted molar refractivity (Wildman–Crippen MR) is 104 cm³/mol. The van der Waals surface area contributed by atoms with Crippen LogP contribution in [-0.4, -0.2) is 30.1 Å². The molecule has 1 aromatic carbocycles. The second-order valence-corrected chi connectivity index (χ2v) is 5.99. The molecule has 8 nitrogen and oxygen atoms in total. The van der Waals surface area contributed by atoms with E-state index in [0.717, 1.165) is 5.56 Å². The van der Waals surface area contributed by atoms with Gasteiger partial charge in [-0.3, -0.25) is 4.79 Å². The lowest BCUT2D eigenvalue weighted by Gasteiger charge is -2.11. The Morgan fingerprint density at radius 2 is 1.89 bits per heavy atom.